The van der Waals surface area contributed by atoms with Gasteiger partial charge < -0.3 is 9.30 Å². The van der Waals surface area contributed by atoms with E-state index in [0.29, 0.717) is 18.0 Å². The Bertz CT molecular complexity index is 1190. The molecule has 0 saturated heterocycles. The maximum absolute atomic E-state index is 13.2. The lowest BCUT2D eigenvalue weighted by molar-refractivity contribution is 0.106. The molecule has 0 atom stereocenters. The molecule has 1 aromatic carbocycles. The number of hydrogen-bond donors (Lipinski definition) is 1. The summed E-state index contributed by atoms with van der Waals surface area (Å²) < 4.78 is 36.0. The second-order valence-corrected chi connectivity index (χ2v) is 11.9. The van der Waals surface area contributed by atoms with Crippen molar-refractivity contribution in [3.8, 4) is 11.1 Å². The molecule has 0 bridgehead atoms. The molecule has 2 aromatic heterocycles. The number of carbonyl (C=O) groups is 1. The Morgan fingerprint density at radius 3 is 2.76 bits per heavy atom. The summed E-state index contributed by atoms with van der Waals surface area (Å²) >= 11 is 1.21. The molecule has 9 heteroatoms. The normalized spacial score (nSPS) is 14.6. The molecule has 0 unspecified atom stereocenters. The first kappa shape index (κ1) is 23.5. The van der Waals surface area contributed by atoms with Crippen molar-refractivity contribution in [1.82, 2.24) is 14.3 Å². The first-order chi connectivity index (χ1) is 15.8. The predicted molar refractivity (Wildman–Crippen MR) is 129 cm³/mol. The topological polar surface area (TPSA) is 90.3 Å². The molecule has 33 heavy (non-hydrogen) atoms. The summed E-state index contributed by atoms with van der Waals surface area (Å²) in [5.74, 6) is 0.375. The van der Waals surface area contributed by atoms with E-state index in [9.17, 15) is 13.2 Å². The highest BCUT2D eigenvalue weighted by Crippen LogP contribution is 2.37. The molecule has 1 saturated carbocycles. The highest BCUT2D eigenvalue weighted by Gasteiger charge is 2.28. The SMILES string of the molecule is CC(C)Cc1cc(-c2cccc(Cn3ccnc3)c2)c(S(=O)(=O)NC(=O)OC2CCCC2)s1. The molecular weight excluding hydrogens is 458 g/mol. The lowest BCUT2D eigenvalue weighted by Gasteiger charge is -2.13. The second-order valence-electron chi connectivity index (χ2n) is 8.86. The van der Waals surface area contributed by atoms with Crippen molar-refractivity contribution in [3.63, 3.8) is 0 Å². The average Bonchev–Trinajstić information content (AvgIpc) is 3.50. The van der Waals surface area contributed by atoms with Crippen LogP contribution in [0.25, 0.3) is 11.1 Å². The van der Waals surface area contributed by atoms with Gasteiger partial charge in [-0.05, 0) is 61.3 Å². The number of nitrogens with one attached hydrogen (secondary N) is 1. The van der Waals surface area contributed by atoms with Crippen molar-refractivity contribution in [2.45, 2.75) is 62.8 Å². The fourth-order valence-corrected chi connectivity index (χ4v) is 6.92. The first-order valence-corrected chi connectivity index (χ1v) is 13.5. The van der Waals surface area contributed by atoms with E-state index in [1.165, 1.54) is 11.3 Å². The average molecular weight is 488 g/mol. The van der Waals surface area contributed by atoms with E-state index in [1.807, 2.05) is 41.1 Å². The number of sulfonamides is 1. The number of hydrogen-bond acceptors (Lipinski definition) is 6. The van der Waals surface area contributed by atoms with Crippen LogP contribution in [0.3, 0.4) is 0 Å². The van der Waals surface area contributed by atoms with E-state index in [-0.39, 0.29) is 10.3 Å². The zero-order valence-corrected chi connectivity index (χ0v) is 20.5. The van der Waals surface area contributed by atoms with Crippen LogP contribution in [0.15, 0.2) is 53.3 Å². The highest BCUT2D eigenvalue weighted by atomic mass is 32.2. The van der Waals surface area contributed by atoms with E-state index in [1.54, 1.807) is 12.5 Å². The van der Waals surface area contributed by atoms with Gasteiger partial charge in [-0.2, -0.15) is 0 Å². The molecule has 1 N–H and O–H groups in total. The molecule has 2 heterocycles. The predicted octanol–water partition coefficient (Wildman–Crippen LogP) is 5.22. The van der Waals surface area contributed by atoms with Crippen molar-refractivity contribution < 1.29 is 17.9 Å². The van der Waals surface area contributed by atoms with Crippen molar-refractivity contribution >= 4 is 27.5 Å². The molecule has 0 radical (unpaired) electrons. The molecule has 1 amide bonds. The monoisotopic (exact) mass is 487 g/mol. The van der Waals surface area contributed by atoms with E-state index in [2.05, 4.69) is 23.6 Å². The van der Waals surface area contributed by atoms with Gasteiger partial charge in [0.1, 0.15) is 10.3 Å². The van der Waals surface area contributed by atoms with Crippen LogP contribution in [0, 0.1) is 5.92 Å². The summed E-state index contributed by atoms with van der Waals surface area (Å²) in [6, 6.07) is 9.72. The Balaban J connectivity index is 1.63. The van der Waals surface area contributed by atoms with Crippen molar-refractivity contribution in [3.05, 3.63) is 59.5 Å². The van der Waals surface area contributed by atoms with Gasteiger partial charge in [-0.1, -0.05) is 32.0 Å². The van der Waals surface area contributed by atoms with Gasteiger partial charge in [0.15, 0.2) is 0 Å². The lowest BCUT2D eigenvalue weighted by atomic mass is 10.0. The maximum atomic E-state index is 13.2. The number of carbonyl (C=O) groups excluding carboxylic acids is 1. The molecular formula is C24H29N3O4S2. The number of ether oxygens (including phenoxy) is 1. The third-order valence-electron chi connectivity index (χ3n) is 5.56. The summed E-state index contributed by atoms with van der Waals surface area (Å²) in [6.07, 6.45) is 8.54. The van der Waals surface area contributed by atoms with Crippen LogP contribution >= 0.6 is 11.3 Å². The highest BCUT2D eigenvalue weighted by molar-refractivity contribution is 7.92. The number of rotatable bonds is 8. The molecule has 0 aliphatic heterocycles. The summed E-state index contributed by atoms with van der Waals surface area (Å²) in [6.45, 7) is 4.82. The number of aromatic nitrogens is 2. The Kier molecular flexibility index (Phi) is 7.19. The molecule has 1 aliphatic carbocycles. The quantitative estimate of drug-likeness (QED) is 0.471. The molecule has 4 rings (SSSR count). The molecule has 7 nitrogen and oxygen atoms in total. The van der Waals surface area contributed by atoms with Crippen molar-refractivity contribution in [1.29, 1.82) is 0 Å². The first-order valence-electron chi connectivity index (χ1n) is 11.2. The summed E-state index contributed by atoms with van der Waals surface area (Å²) in [4.78, 5) is 17.4. The minimum atomic E-state index is -4.08. The van der Waals surface area contributed by atoms with Crippen LogP contribution in [-0.4, -0.2) is 30.2 Å². The number of nitrogens with zero attached hydrogens (tertiary/aromatic N) is 2. The molecule has 1 fully saturated rings. The summed E-state index contributed by atoms with van der Waals surface area (Å²) in [7, 11) is -4.08. The summed E-state index contributed by atoms with van der Waals surface area (Å²) in [5.41, 5.74) is 2.42. The smallest absolute Gasteiger partial charge is 0.421 e. The van der Waals surface area contributed by atoms with Gasteiger partial charge in [-0.15, -0.1) is 11.3 Å². The Labute approximate surface area is 198 Å². The van der Waals surface area contributed by atoms with Crippen LogP contribution in [0.1, 0.15) is 50.0 Å². The van der Waals surface area contributed by atoms with Gasteiger partial charge in [0.05, 0.1) is 6.33 Å². The van der Waals surface area contributed by atoms with E-state index >= 15 is 0 Å². The van der Waals surface area contributed by atoms with E-state index in [4.69, 9.17) is 4.74 Å². The van der Waals surface area contributed by atoms with Crippen LogP contribution in [0.4, 0.5) is 4.79 Å². The van der Waals surface area contributed by atoms with Crippen LogP contribution in [0.5, 0.6) is 0 Å². The lowest BCUT2D eigenvalue weighted by Crippen LogP contribution is -2.33. The molecule has 1 aliphatic rings. The fraction of sp³-hybridized carbons (Fsp3) is 0.417. The largest absolute Gasteiger partial charge is 0.446 e. The third-order valence-corrected chi connectivity index (χ3v) is 8.56. The third kappa shape index (κ3) is 6.03. The van der Waals surface area contributed by atoms with Gasteiger partial charge in [-0.25, -0.2) is 22.9 Å². The number of thiophene rings is 1. The molecule has 176 valence electrons. The van der Waals surface area contributed by atoms with Crippen LogP contribution in [-0.2, 0) is 27.7 Å². The van der Waals surface area contributed by atoms with Gasteiger partial charge >= 0.3 is 6.09 Å². The second kappa shape index (κ2) is 10.1. The van der Waals surface area contributed by atoms with Crippen LogP contribution in [0.2, 0.25) is 0 Å². The van der Waals surface area contributed by atoms with Gasteiger partial charge in [-0.3, -0.25) is 0 Å². The van der Waals surface area contributed by atoms with Gasteiger partial charge in [0.25, 0.3) is 10.0 Å². The van der Waals surface area contributed by atoms with Gasteiger partial charge in [0.2, 0.25) is 0 Å². The van der Waals surface area contributed by atoms with Crippen molar-refractivity contribution in [2.75, 3.05) is 0 Å². The zero-order chi connectivity index (χ0) is 23.4. The fourth-order valence-electron chi connectivity index (χ4n) is 4.09. The van der Waals surface area contributed by atoms with Crippen molar-refractivity contribution in [2.24, 2.45) is 5.92 Å². The zero-order valence-electron chi connectivity index (χ0n) is 18.9. The Hall–Kier alpha value is -2.65. The Morgan fingerprint density at radius 1 is 1.27 bits per heavy atom. The molecule has 0 spiro atoms. The minimum Gasteiger partial charge on any atom is -0.446 e. The van der Waals surface area contributed by atoms with Gasteiger partial charge in [0, 0.05) is 29.4 Å². The minimum absolute atomic E-state index is 0.140. The van der Waals surface area contributed by atoms with E-state index in [0.717, 1.165) is 48.1 Å². The standard InChI is InChI=1S/C24H29N3O4S2/c1-17(2)12-21-14-22(19-7-5-6-18(13-19)15-27-11-10-25-16-27)23(32-21)33(29,30)26-24(28)31-20-8-3-4-9-20/h5-7,10-11,13-14,16-17,20H,3-4,8-9,12,15H2,1-2H3,(H,26,28). The van der Waals surface area contributed by atoms with E-state index < -0.39 is 16.1 Å². The maximum Gasteiger partial charge on any atom is 0.421 e. The summed E-state index contributed by atoms with van der Waals surface area (Å²) in [5, 5.41) is 0. The Morgan fingerprint density at radius 2 is 2.06 bits per heavy atom. The number of benzene rings is 1. The van der Waals surface area contributed by atoms with Crippen LogP contribution < -0.4 is 4.72 Å². The number of imidazole rings is 1. The number of amides is 1. The molecule has 3 aromatic rings.